The molecule has 1 aromatic heterocycles. The smallest absolute Gasteiger partial charge is 0.246 e. The molecule has 0 bridgehead atoms. The molecule has 0 radical (unpaired) electrons. The lowest BCUT2D eigenvalue weighted by Gasteiger charge is -2.31. The second-order valence-corrected chi connectivity index (χ2v) is 9.07. The van der Waals surface area contributed by atoms with Crippen LogP contribution in [0.15, 0.2) is 54.6 Å². The van der Waals surface area contributed by atoms with Gasteiger partial charge < -0.3 is 14.4 Å². The second-order valence-electron chi connectivity index (χ2n) is 9.07. The van der Waals surface area contributed by atoms with Gasteiger partial charge in [-0.1, -0.05) is 49.6 Å². The Morgan fingerprint density at radius 3 is 2.53 bits per heavy atom. The number of anilines is 1. The Balaban J connectivity index is 1.43. The molecule has 2 amide bonds. The summed E-state index contributed by atoms with van der Waals surface area (Å²) in [4.78, 5) is 34.8. The van der Waals surface area contributed by atoms with Gasteiger partial charge in [0, 0.05) is 37.7 Å². The molecule has 1 aliphatic carbocycles. The zero-order valence-electron chi connectivity index (χ0n) is 18.6. The highest BCUT2D eigenvalue weighted by Gasteiger charge is 2.38. The molecule has 3 aromatic rings. The van der Waals surface area contributed by atoms with Crippen LogP contribution < -0.4 is 4.90 Å². The van der Waals surface area contributed by atoms with Gasteiger partial charge >= 0.3 is 0 Å². The SMILES string of the molecule is CN(C(=O)Cn1c(C2CC(=O)N(C3CCCCC3)C2)nc2ccccc21)c1ccccc1. The number of likely N-dealkylation sites (tertiary alicyclic amines) is 1. The monoisotopic (exact) mass is 430 g/mol. The Hall–Kier alpha value is -3.15. The van der Waals surface area contributed by atoms with Gasteiger partial charge in [0.1, 0.15) is 12.4 Å². The maximum absolute atomic E-state index is 13.2. The van der Waals surface area contributed by atoms with Crippen molar-refractivity contribution in [1.82, 2.24) is 14.5 Å². The first-order chi connectivity index (χ1) is 15.6. The van der Waals surface area contributed by atoms with E-state index in [-0.39, 0.29) is 24.3 Å². The molecule has 5 rings (SSSR count). The van der Waals surface area contributed by atoms with Gasteiger partial charge in [0.05, 0.1) is 11.0 Å². The van der Waals surface area contributed by atoms with Gasteiger partial charge in [-0.15, -0.1) is 0 Å². The van der Waals surface area contributed by atoms with E-state index in [4.69, 9.17) is 4.98 Å². The van der Waals surface area contributed by atoms with Crippen LogP contribution in [0.3, 0.4) is 0 Å². The van der Waals surface area contributed by atoms with Gasteiger partial charge in [0.15, 0.2) is 0 Å². The fourth-order valence-corrected chi connectivity index (χ4v) is 5.26. The van der Waals surface area contributed by atoms with Crippen molar-refractivity contribution in [3.8, 4) is 0 Å². The summed E-state index contributed by atoms with van der Waals surface area (Å²) in [7, 11) is 1.81. The Morgan fingerprint density at radius 2 is 1.75 bits per heavy atom. The third-order valence-corrected chi connectivity index (χ3v) is 7.03. The average molecular weight is 431 g/mol. The number of nitrogens with zero attached hydrogens (tertiary/aromatic N) is 4. The first-order valence-corrected chi connectivity index (χ1v) is 11.7. The fraction of sp³-hybridized carbons (Fsp3) is 0.423. The summed E-state index contributed by atoms with van der Waals surface area (Å²) in [5, 5.41) is 0. The molecule has 32 heavy (non-hydrogen) atoms. The minimum atomic E-state index is -0.00550. The van der Waals surface area contributed by atoms with Gasteiger partial charge in [-0.3, -0.25) is 9.59 Å². The molecule has 2 aromatic carbocycles. The molecular weight excluding hydrogens is 400 g/mol. The van der Waals surface area contributed by atoms with E-state index >= 15 is 0 Å². The molecule has 2 aliphatic rings. The first-order valence-electron chi connectivity index (χ1n) is 11.7. The second kappa shape index (κ2) is 8.77. The van der Waals surface area contributed by atoms with Crippen LogP contribution in [-0.2, 0) is 16.1 Å². The number of aromatic nitrogens is 2. The Labute approximate surface area is 188 Å². The van der Waals surface area contributed by atoms with Crippen molar-refractivity contribution in [2.24, 2.45) is 0 Å². The van der Waals surface area contributed by atoms with Gasteiger partial charge in [-0.2, -0.15) is 0 Å². The number of fused-ring (bicyclic) bond motifs is 1. The Bertz CT molecular complexity index is 1120. The highest BCUT2D eigenvalue weighted by atomic mass is 16.2. The predicted octanol–water partition coefficient (Wildman–Crippen LogP) is 4.35. The van der Waals surface area contributed by atoms with Crippen molar-refractivity contribution in [3.05, 3.63) is 60.4 Å². The molecule has 0 N–H and O–H groups in total. The van der Waals surface area contributed by atoms with Gasteiger partial charge in [-0.25, -0.2) is 4.98 Å². The average Bonchev–Trinajstić information content (AvgIpc) is 3.40. The van der Waals surface area contributed by atoms with E-state index in [1.54, 1.807) is 11.9 Å². The molecule has 2 fully saturated rings. The first kappa shape index (κ1) is 20.7. The minimum Gasteiger partial charge on any atom is -0.339 e. The third-order valence-electron chi connectivity index (χ3n) is 7.03. The Kier molecular flexibility index (Phi) is 5.68. The number of imidazole rings is 1. The molecular formula is C26H30N4O2. The van der Waals surface area contributed by atoms with Crippen LogP contribution in [0.5, 0.6) is 0 Å². The highest BCUT2D eigenvalue weighted by Crippen LogP contribution is 2.34. The molecule has 1 unspecified atom stereocenters. The quantitative estimate of drug-likeness (QED) is 0.605. The van der Waals surface area contributed by atoms with Crippen LogP contribution in [0.2, 0.25) is 0 Å². The number of amides is 2. The zero-order chi connectivity index (χ0) is 22.1. The summed E-state index contributed by atoms with van der Waals surface area (Å²) in [6, 6.07) is 18.0. The number of hydrogen-bond donors (Lipinski definition) is 0. The van der Waals surface area contributed by atoms with Crippen LogP contribution in [-0.4, -0.2) is 45.9 Å². The van der Waals surface area contributed by atoms with Crippen LogP contribution in [0, 0.1) is 0 Å². The predicted molar refractivity (Wildman–Crippen MR) is 126 cm³/mol. The van der Waals surface area contributed by atoms with Gasteiger partial charge in [-0.05, 0) is 37.1 Å². The van der Waals surface area contributed by atoms with Crippen molar-refractivity contribution < 1.29 is 9.59 Å². The molecule has 166 valence electrons. The van der Waals surface area contributed by atoms with E-state index in [0.717, 1.165) is 35.4 Å². The normalized spacial score (nSPS) is 19.6. The summed E-state index contributed by atoms with van der Waals surface area (Å²) in [6.45, 7) is 0.908. The molecule has 1 atom stereocenters. The summed E-state index contributed by atoms with van der Waals surface area (Å²) in [6.07, 6.45) is 6.37. The van der Waals surface area contributed by atoms with E-state index in [0.29, 0.717) is 19.0 Å². The number of rotatable bonds is 5. The molecule has 0 spiro atoms. The maximum atomic E-state index is 13.2. The number of likely N-dealkylation sites (N-methyl/N-ethyl adjacent to an activating group) is 1. The number of benzene rings is 2. The lowest BCUT2D eigenvalue weighted by Crippen LogP contribution is -2.37. The minimum absolute atomic E-state index is 0.00550. The lowest BCUT2D eigenvalue weighted by atomic mass is 9.94. The van der Waals surface area contributed by atoms with Crippen molar-refractivity contribution in [3.63, 3.8) is 0 Å². The number of carbonyl (C=O) groups is 2. The van der Waals surface area contributed by atoms with Crippen LogP contribution >= 0.6 is 0 Å². The van der Waals surface area contributed by atoms with Crippen molar-refractivity contribution in [2.45, 2.75) is 57.0 Å². The lowest BCUT2D eigenvalue weighted by molar-refractivity contribution is -0.130. The standard InChI is InChI=1S/C26H30N4O2/c1-28(20-10-4-2-5-11-20)25(32)18-30-23-15-9-8-14-22(23)27-26(30)19-16-24(31)29(17-19)21-12-6-3-7-13-21/h2,4-5,8-11,14-15,19,21H,3,6-7,12-13,16-18H2,1H3. The van der Waals surface area contributed by atoms with Crippen molar-refractivity contribution in [1.29, 1.82) is 0 Å². The van der Waals surface area contributed by atoms with Crippen LogP contribution in [0.25, 0.3) is 11.0 Å². The van der Waals surface area contributed by atoms with E-state index in [2.05, 4.69) is 4.90 Å². The van der Waals surface area contributed by atoms with Gasteiger partial charge in [0.2, 0.25) is 11.8 Å². The number of para-hydroxylation sites is 3. The summed E-state index contributed by atoms with van der Waals surface area (Å²) >= 11 is 0. The number of carbonyl (C=O) groups excluding carboxylic acids is 2. The highest BCUT2D eigenvalue weighted by molar-refractivity contribution is 5.93. The Morgan fingerprint density at radius 1 is 1.03 bits per heavy atom. The topological polar surface area (TPSA) is 58.4 Å². The summed E-state index contributed by atoms with van der Waals surface area (Å²) < 4.78 is 2.03. The molecule has 6 nitrogen and oxygen atoms in total. The van der Waals surface area contributed by atoms with E-state index in [1.165, 1.54) is 19.3 Å². The fourth-order valence-electron chi connectivity index (χ4n) is 5.26. The largest absolute Gasteiger partial charge is 0.339 e. The van der Waals surface area contributed by atoms with Crippen LogP contribution in [0.4, 0.5) is 5.69 Å². The van der Waals surface area contributed by atoms with E-state index in [1.807, 2.05) is 59.2 Å². The molecule has 1 aliphatic heterocycles. The van der Waals surface area contributed by atoms with E-state index < -0.39 is 0 Å². The summed E-state index contributed by atoms with van der Waals surface area (Å²) in [5.41, 5.74) is 2.69. The van der Waals surface area contributed by atoms with Crippen molar-refractivity contribution >= 4 is 28.5 Å². The molecule has 1 saturated heterocycles. The maximum Gasteiger partial charge on any atom is 0.246 e. The zero-order valence-corrected chi connectivity index (χ0v) is 18.6. The van der Waals surface area contributed by atoms with Gasteiger partial charge in [0.25, 0.3) is 0 Å². The van der Waals surface area contributed by atoms with Crippen molar-refractivity contribution in [2.75, 3.05) is 18.5 Å². The van der Waals surface area contributed by atoms with Crippen LogP contribution in [0.1, 0.15) is 50.3 Å². The summed E-state index contributed by atoms with van der Waals surface area (Å²) in [5.74, 6) is 1.10. The van der Waals surface area contributed by atoms with E-state index in [9.17, 15) is 9.59 Å². The third kappa shape index (κ3) is 3.90. The molecule has 2 heterocycles. The number of hydrogen-bond acceptors (Lipinski definition) is 3. The molecule has 1 saturated carbocycles. The molecule has 6 heteroatoms.